The molecular weight excluding hydrogens is 562 g/mol. The molecule has 230 valence electrons. The van der Waals surface area contributed by atoms with Crippen LogP contribution in [0, 0.1) is 23.2 Å². The lowest BCUT2D eigenvalue weighted by Crippen LogP contribution is -2.48. The molecule has 5 rings (SSSR count). The highest BCUT2D eigenvalue weighted by Gasteiger charge is 2.58. The summed E-state index contributed by atoms with van der Waals surface area (Å²) in [5.74, 6) is -4.12. The Hall–Kier alpha value is -1.04. The van der Waals surface area contributed by atoms with Crippen LogP contribution in [-0.2, 0) is 26.5 Å². The molecule has 0 amide bonds. The Labute approximate surface area is 242 Å². The maximum atomic E-state index is 13.4. The standard InChI is InChI=1S/C30H42BF5O4S/c1-26(2)27(3,4)40-31(39-26)20-7-8-21-18(16-20)15-19(17-41(38)14-6-12-29(32,33)30(34,35)36)25-22(21)11-13-28(5)23(25)9-10-24(28)37/h7-8,16,19,22-25,37H,6,9-15,17H2,1-5H3/t19-,22+,23-,24-,25+,28-,41?/m0/s1. The Morgan fingerprint density at radius 1 is 1.02 bits per heavy atom. The molecule has 0 radical (unpaired) electrons. The van der Waals surface area contributed by atoms with Gasteiger partial charge in [-0.05, 0) is 112 Å². The second-order valence-electron chi connectivity index (χ2n) is 14.1. The zero-order valence-electron chi connectivity index (χ0n) is 24.5. The van der Waals surface area contributed by atoms with Crippen LogP contribution in [0.2, 0.25) is 0 Å². The minimum Gasteiger partial charge on any atom is -0.399 e. The van der Waals surface area contributed by atoms with Crippen LogP contribution in [0.4, 0.5) is 22.0 Å². The fraction of sp³-hybridized carbons (Fsp3) is 0.800. The smallest absolute Gasteiger partial charge is 0.399 e. The van der Waals surface area contributed by atoms with Gasteiger partial charge in [0.05, 0.1) is 17.3 Å². The van der Waals surface area contributed by atoms with E-state index in [1.54, 1.807) is 0 Å². The van der Waals surface area contributed by atoms with Gasteiger partial charge in [-0.3, -0.25) is 4.21 Å². The molecule has 1 aromatic rings. The zero-order chi connectivity index (χ0) is 30.2. The highest BCUT2D eigenvalue weighted by atomic mass is 32.2. The topological polar surface area (TPSA) is 55.8 Å². The number of hydrogen-bond acceptors (Lipinski definition) is 4. The average molecular weight is 605 g/mol. The van der Waals surface area contributed by atoms with Crippen LogP contribution in [0.3, 0.4) is 0 Å². The number of aliphatic hydroxyl groups excluding tert-OH is 1. The number of alkyl halides is 5. The van der Waals surface area contributed by atoms with Crippen LogP contribution in [0.15, 0.2) is 18.2 Å². The van der Waals surface area contributed by atoms with Crippen LogP contribution in [0.1, 0.15) is 90.2 Å². The molecule has 3 fully saturated rings. The van der Waals surface area contributed by atoms with E-state index in [1.807, 2.05) is 27.7 Å². The quantitative estimate of drug-likeness (QED) is 0.300. The first kappa shape index (κ1) is 31.4. The number of halogens is 5. The van der Waals surface area contributed by atoms with Crippen LogP contribution in [0.25, 0.3) is 0 Å². The number of aliphatic hydroxyl groups is 1. The highest BCUT2D eigenvalue weighted by molar-refractivity contribution is 7.84. The molecule has 1 heterocycles. The predicted molar refractivity (Wildman–Crippen MR) is 150 cm³/mol. The van der Waals surface area contributed by atoms with Gasteiger partial charge in [-0.15, -0.1) is 0 Å². The van der Waals surface area contributed by atoms with Crippen molar-refractivity contribution in [1.82, 2.24) is 0 Å². The normalized spacial score (nSPS) is 35.1. The zero-order valence-corrected chi connectivity index (χ0v) is 25.3. The molecule has 2 saturated carbocycles. The highest BCUT2D eigenvalue weighted by Crippen LogP contribution is 2.62. The molecule has 0 aromatic heterocycles. The number of fused-ring (bicyclic) bond motifs is 5. The number of rotatable bonds is 7. The molecular formula is C30H42BF5O4S. The Bertz CT molecular complexity index is 1160. The van der Waals surface area contributed by atoms with E-state index < -0.39 is 60.2 Å². The van der Waals surface area contributed by atoms with Crippen molar-refractivity contribution in [2.24, 2.45) is 23.2 Å². The summed E-state index contributed by atoms with van der Waals surface area (Å²) < 4.78 is 90.5. The SMILES string of the molecule is CC1(C)OB(c2ccc3c(c2)C[C@@H](CS(=O)CCCC(F)(F)C(F)(F)F)[C@@H]2[C@@H]3CC[C@]3(C)[C@@H](O)CC[C@@H]23)OC1(C)C. The lowest BCUT2D eigenvalue weighted by Gasteiger charge is -2.53. The van der Waals surface area contributed by atoms with E-state index in [0.717, 1.165) is 36.7 Å². The second kappa shape index (κ2) is 10.5. The number of benzene rings is 1. The third-order valence-electron chi connectivity index (χ3n) is 11.1. The fourth-order valence-corrected chi connectivity index (χ4v) is 9.44. The van der Waals surface area contributed by atoms with Crippen LogP contribution >= 0.6 is 0 Å². The first-order valence-electron chi connectivity index (χ1n) is 14.8. The van der Waals surface area contributed by atoms with Gasteiger partial charge in [-0.1, -0.05) is 25.1 Å². The summed E-state index contributed by atoms with van der Waals surface area (Å²) in [6.45, 7) is 10.2. The van der Waals surface area contributed by atoms with Gasteiger partial charge < -0.3 is 14.4 Å². The molecule has 11 heteroatoms. The van der Waals surface area contributed by atoms with Gasteiger partial charge in [-0.2, -0.15) is 22.0 Å². The van der Waals surface area contributed by atoms with E-state index in [4.69, 9.17) is 9.31 Å². The van der Waals surface area contributed by atoms with Crippen LogP contribution < -0.4 is 5.46 Å². The maximum absolute atomic E-state index is 13.4. The molecule has 1 aliphatic heterocycles. The molecule has 1 aromatic carbocycles. The van der Waals surface area contributed by atoms with E-state index in [9.17, 15) is 31.3 Å². The van der Waals surface area contributed by atoms with Crippen molar-refractivity contribution >= 4 is 23.4 Å². The maximum Gasteiger partial charge on any atom is 0.494 e. The molecule has 4 aliphatic rings. The lowest BCUT2D eigenvalue weighted by atomic mass is 9.52. The fourth-order valence-electron chi connectivity index (χ4n) is 7.98. The number of hydrogen-bond donors (Lipinski definition) is 1. The van der Waals surface area contributed by atoms with Gasteiger partial charge in [-0.25, -0.2) is 0 Å². The molecule has 7 atom stereocenters. The first-order chi connectivity index (χ1) is 18.9. The molecule has 1 N–H and O–H groups in total. The minimum absolute atomic E-state index is 0.0278. The molecule has 41 heavy (non-hydrogen) atoms. The van der Waals surface area contributed by atoms with Crippen molar-refractivity contribution in [2.45, 2.75) is 115 Å². The van der Waals surface area contributed by atoms with Gasteiger partial charge in [0.25, 0.3) is 0 Å². The Morgan fingerprint density at radius 2 is 1.68 bits per heavy atom. The molecule has 3 aliphatic carbocycles. The summed E-state index contributed by atoms with van der Waals surface area (Å²) in [5.41, 5.74) is 2.09. The lowest BCUT2D eigenvalue weighted by molar-refractivity contribution is -0.284. The summed E-state index contributed by atoms with van der Waals surface area (Å²) in [4.78, 5) is 0. The minimum atomic E-state index is -5.60. The van der Waals surface area contributed by atoms with Gasteiger partial charge in [0.1, 0.15) is 0 Å². The second-order valence-corrected chi connectivity index (χ2v) is 15.7. The Kier molecular flexibility index (Phi) is 8.08. The van der Waals surface area contributed by atoms with Gasteiger partial charge in [0.15, 0.2) is 0 Å². The van der Waals surface area contributed by atoms with Crippen LogP contribution in [0.5, 0.6) is 0 Å². The van der Waals surface area contributed by atoms with Crippen molar-refractivity contribution < 1.29 is 40.6 Å². The average Bonchev–Trinajstić information content (AvgIpc) is 3.27. The summed E-state index contributed by atoms with van der Waals surface area (Å²) >= 11 is 0. The summed E-state index contributed by atoms with van der Waals surface area (Å²) in [5, 5.41) is 10.9. The monoisotopic (exact) mass is 604 g/mol. The molecule has 1 unspecified atom stereocenters. The van der Waals surface area contributed by atoms with Crippen molar-refractivity contribution in [3.63, 3.8) is 0 Å². The van der Waals surface area contributed by atoms with E-state index >= 15 is 0 Å². The molecule has 4 nitrogen and oxygen atoms in total. The molecule has 0 spiro atoms. The van der Waals surface area contributed by atoms with Gasteiger partial charge >= 0.3 is 19.2 Å². The largest absolute Gasteiger partial charge is 0.494 e. The Morgan fingerprint density at radius 3 is 2.32 bits per heavy atom. The van der Waals surface area contributed by atoms with Crippen molar-refractivity contribution in [3.05, 3.63) is 29.3 Å². The van der Waals surface area contributed by atoms with Gasteiger partial charge in [0, 0.05) is 28.7 Å². The van der Waals surface area contributed by atoms with E-state index in [2.05, 4.69) is 25.1 Å². The van der Waals surface area contributed by atoms with E-state index in [1.165, 1.54) is 5.56 Å². The summed E-state index contributed by atoms with van der Waals surface area (Å²) in [6.07, 6.45) is -3.79. The Balaban J connectivity index is 1.39. The summed E-state index contributed by atoms with van der Waals surface area (Å²) in [6, 6.07) is 6.34. The first-order valence-corrected chi connectivity index (χ1v) is 16.3. The van der Waals surface area contributed by atoms with Gasteiger partial charge in [0.2, 0.25) is 0 Å². The third kappa shape index (κ3) is 5.55. The third-order valence-corrected chi connectivity index (χ3v) is 12.6. The van der Waals surface area contributed by atoms with Crippen molar-refractivity contribution in [3.8, 4) is 0 Å². The predicted octanol–water partition coefficient (Wildman–Crippen LogP) is 6.16. The van der Waals surface area contributed by atoms with Crippen molar-refractivity contribution in [1.29, 1.82) is 0 Å². The van der Waals surface area contributed by atoms with E-state index in [0.29, 0.717) is 6.42 Å². The van der Waals surface area contributed by atoms with E-state index in [-0.39, 0.29) is 40.6 Å². The summed E-state index contributed by atoms with van der Waals surface area (Å²) in [7, 11) is -2.06. The van der Waals surface area contributed by atoms with Crippen molar-refractivity contribution in [2.75, 3.05) is 11.5 Å². The van der Waals surface area contributed by atoms with Crippen LogP contribution in [-0.4, -0.2) is 57.3 Å². The molecule has 0 bridgehead atoms. The molecule has 1 saturated heterocycles.